The highest BCUT2D eigenvalue weighted by Crippen LogP contribution is 2.31. The Hall–Kier alpha value is -2.56. The minimum Gasteiger partial charge on any atom is -0.324 e. The van der Waals surface area contributed by atoms with Crippen molar-refractivity contribution in [2.45, 2.75) is 30.6 Å². The van der Waals surface area contributed by atoms with Gasteiger partial charge in [0, 0.05) is 37.7 Å². The summed E-state index contributed by atoms with van der Waals surface area (Å²) in [7, 11) is -4.00. The van der Waals surface area contributed by atoms with E-state index < -0.39 is 27.6 Å². The molecule has 0 aliphatic carbocycles. The molecule has 0 unspecified atom stereocenters. The van der Waals surface area contributed by atoms with Crippen LogP contribution in [-0.4, -0.2) is 44.2 Å². The van der Waals surface area contributed by atoms with Gasteiger partial charge in [0.05, 0.1) is 15.6 Å². The normalized spacial score (nSPS) is 18.0. The molecule has 33 heavy (non-hydrogen) atoms. The number of hydrogen-bond donors (Lipinski definition) is 1. The lowest BCUT2D eigenvalue weighted by Gasteiger charge is -2.30. The largest absolute Gasteiger partial charge is 0.324 e. The van der Waals surface area contributed by atoms with Crippen LogP contribution in [0.25, 0.3) is 0 Å². The van der Waals surface area contributed by atoms with Crippen molar-refractivity contribution < 1.29 is 26.8 Å². The highest BCUT2D eigenvalue weighted by molar-refractivity contribution is 7.89. The van der Waals surface area contributed by atoms with Gasteiger partial charge in [0.1, 0.15) is 0 Å². The van der Waals surface area contributed by atoms with Crippen molar-refractivity contribution in [3.63, 3.8) is 0 Å². The minimum absolute atomic E-state index is 0.0178. The quantitative estimate of drug-likeness (QED) is 0.681. The predicted molar refractivity (Wildman–Crippen MR) is 120 cm³/mol. The topological polar surface area (TPSA) is 86.8 Å². The molecule has 176 valence electrons. The average molecular weight is 498 g/mol. The van der Waals surface area contributed by atoms with Crippen molar-refractivity contribution >= 4 is 44.8 Å². The van der Waals surface area contributed by atoms with Gasteiger partial charge < -0.3 is 10.2 Å². The Morgan fingerprint density at radius 3 is 2.39 bits per heavy atom. The highest BCUT2D eigenvalue weighted by atomic mass is 35.5. The Morgan fingerprint density at radius 1 is 1.03 bits per heavy atom. The van der Waals surface area contributed by atoms with Crippen LogP contribution in [0.2, 0.25) is 5.02 Å². The van der Waals surface area contributed by atoms with E-state index in [0.29, 0.717) is 35.4 Å². The molecule has 2 fully saturated rings. The van der Waals surface area contributed by atoms with Crippen LogP contribution in [0.4, 0.5) is 20.2 Å². The van der Waals surface area contributed by atoms with Crippen LogP contribution in [0.5, 0.6) is 0 Å². The van der Waals surface area contributed by atoms with Crippen LogP contribution >= 0.6 is 11.6 Å². The molecule has 7 nitrogen and oxygen atoms in total. The monoisotopic (exact) mass is 497 g/mol. The van der Waals surface area contributed by atoms with E-state index in [2.05, 4.69) is 5.32 Å². The fourth-order valence-corrected chi connectivity index (χ4v) is 5.72. The molecule has 11 heteroatoms. The van der Waals surface area contributed by atoms with Gasteiger partial charge in [-0.2, -0.15) is 4.31 Å². The molecule has 0 bridgehead atoms. The van der Waals surface area contributed by atoms with Crippen molar-refractivity contribution in [2.75, 3.05) is 29.9 Å². The maximum Gasteiger partial charge on any atom is 0.243 e. The van der Waals surface area contributed by atoms with E-state index in [-0.39, 0.29) is 42.6 Å². The maximum atomic E-state index is 13.5. The van der Waals surface area contributed by atoms with Crippen LogP contribution in [0, 0.1) is 17.6 Å². The van der Waals surface area contributed by atoms with Crippen LogP contribution in [0.3, 0.4) is 0 Å². The third-order valence-corrected chi connectivity index (χ3v) is 8.17. The summed E-state index contributed by atoms with van der Waals surface area (Å²) in [4.78, 5) is 26.1. The molecule has 2 aliphatic rings. The number of amides is 2. The van der Waals surface area contributed by atoms with Crippen molar-refractivity contribution in [1.29, 1.82) is 0 Å². The lowest BCUT2D eigenvalue weighted by Crippen LogP contribution is -2.41. The molecule has 0 radical (unpaired) electrons. The molecule has 0 atom stereocenters. The predicted octanol–water partition coefficient (Wildman–Crippen LogP) is 3.78. The molecule has 2 aromatic rings. The number of sulfonamides is 1. The van der Waals surface area contributed by atoms with Gasteiger partial charge in [-0.1, -0.05) is 11.6 Å². The van der Waals surface area contributed by atoms with Crippen molar-refractivity contribution in [3.05, 3.63) is 53.1 Å². The molecule has 0 saturated carbocycles. The van der Waals surface area contributed by atoms with E-state index in [1.54, 1.807) is 23.1 Å². The van der Waals surface area contributed by atoms with Crippen LogP contribution in [0.1, 0.15) is 25.7 Å². The fraction of sp³-hybridized carbons (Fsp3) is 0.364. The van der Waals surface area contributed by atoms with Crippen LogP contribution in [-0.2, 0) is 19.6 Å². The number of piperidine rings is 1. The van der Waals surface area contributed by atoms with E-state index in [9.17, 15) is 26.8 Å². The Kier molecular flexibility index (Phi) is 6.69. The minimum atomic E-state index is -4.00. The molecule has 4 rings (SSSR count). The number of anilines is 2. The van der Waals surface area contributed by atoms with Crippen molar-refractivity contribution in [1.82, 2.24) is 4.31 Å². The molecular formula is C22H22ClF2N3O4S. The van der Waals surface area contributed by atoms with Gasteiger partial charge in [-0.3, -0.25) is 9.59 Å². The molecule has 2 heterocycles. The summed E-state index contributed by atoms with van der Waals surface area (Å²) in [5.41, 5.74) is 1.04. The van der Waals surface area contributed by atoms with Crippen molar-refractivity contribution in [3.8, 4) is 0 Å². The molecule has 0 aromatic heterocycles. The van der Waals surface area contributed by atoms with Gasteiger partial charge >= 0.3 is 0 Å². The first kappa shape index (κ1) is 23.6. The SMILES string of the molecule is O=C(Nc1cc(N2CCCC2=O)ccc1Cl)C1CCN(S(=O)(=O)c2ccc(F)c(F)c2)CC1. The number of rotatable bonds is 5. The second kappa shape index (κ2) is 9.36. The van der Waals surface area contributed by atoms with E-state index in [1.165, 1.54) is 0 Å². The summed E-state index contributed by atoms with van der Waals surface area (Å²) in [5, 5.41) is 3.12. The summed E-state index contributed by atoms with van der Waals surface area (Å²) < 4.78 is 53.3. The first-order chi connectivity index (χ1) is 15.7. The molecule has 2 aliphatic heterocycles. The smallest absolute Gasteiger partial charge is 0.243 e. The lowest BCUT2D eigenvalue weighted by molar-refractivity contribution is -0.121. The molecular weight excluding hydrogens is 476 g/mol. The zero-order valence-electron chi connectivity index (χ0n) is 17.6. The van der Waals surface area contributed by atoms with Gasteiger partial charge in [0.25, 0.3) is 0 Å². The Morgan fingerprint density at radius 2 is 1.76 bits per heavy atom. The van der Waals surface area contributed by atoms with Crippen LogP contribution in [0.15, 0.2) is 41.3 Å². The van der Waals surface area contributed by atoms with Crippen LogP contribution < -0.4 is 10.2 Å². The summed E-state index contributed by atoms with van der Waals surface area (Å²) >= 11 is 6.23. The van der Waals surface area contributed by atoms with Gasteiger partial charge in [0.15, 0.2) is 11.6 Å². The molecule has 1 N–H and O–H groups in total. The Labute approximate surface area is 195 Å². The number of nitrogens with zero attached hydrogens (tertiary/aromatic N) is 2. The number of hydrogen-bond acceptors (Lipinski definition) is 4. The highest BCUT2D eigenvalue weighted by Gasteiger charge is 2.33. The van der Waals surface area contributed by atoms with E-state index in [1.807, 2.05) is 0 Å². The maximum absolute atomic E-state index is 13.5. The molecule has 2 aromatic carbocycles. The molecule has 0 spiro atoms. The summed E-state index contributed by atoms with van der Waals surface area (Å²) in [6.07, 6.45) is 1.78. The van der Waals surface area contributed by atoms with Crippen molar-refractivity contribution in [2.24, 2.45) is 5.92 Å². The zero-order valence-corrected chi connectivity index (χ0v) is 19.1. The summed E-state index contributed by atoms with van der Waals surface area (Å²) in [6, 6.07) is 7.45. The standard InChI is InChI=1S/C22H22ClF2N3O4S/c23-17-5-3-15(28-9-1-2-21(28)29)12-20(17)26-22(30)14-7-10-27(11-8-14)33(31,32)16-4-6-18(24)19(25)13-16/h3-6,12-14H,1-2,7-11H2,(H,26,30). The average Bonchev–Trinajstić information content (AvgIpc) is 3.23. The third kappa shape index (κ3) is 4.87. The molecule has 2 amide bonds. The van der Waals surface area contributed by atoms with Gasteiger partial charge in [-0.15, -0.1) is 0 Å². The van der Waals surface area contributed by atoms with Gasteiger partial charge in [-0.05, 0) is 55.7 Å². The Bertz CT molecular complexity index is 1200. The molecule has 2 saturated heterocycles. The first-order valence-electron chi connectivity index (χ1n) is 10.5. The summed E-state index contributed by atoms with van der Waals surface area (Å²) in [6.45, 7) is 0.740. The van der Waals surface area contributed by atoms with E-state index >= 15 is 0 Å². The number of carbonyl (C=O) groups is 2. The van der Waals surface area contributed by atoms with E-state index in [0.717, 1.165) is 22.9 Å². The first-order valence-corrected chi connectivity index (χ1v) is 12.3. The number of nitrogens with one attached hydrogen (secondary N) is 1. The number of halogens is 3. The zero-order chi connectivity index (χ0) is 23.8. The second-order valence-corrected chi connectivity index (χ2v) is 10.4. The Balaban J connectivity index is 1.41. The fourth-order valence-electron chi connectivity index (χ4n) is 4.08. The summed E-state index contributed by atoms with van der Waals surface area (Å²) in [5.74, 6) is -3.09. The number of benzene rings is 2. The lowest BCUT2D eigenvalue weighted by atomic mass is 9.97. The third-order valence-electron chi connectivity index (χ3n) is 5.95. The number of carbonyl (C=O) groups excluding carboxylic acids is 2. The van der Waals surface area contributed by atoms with Gasteiger partial charge in [-0.25, -0.2) is 17.2 Å². The second-order valence-electron chi connectivity index (χ2n) is 8.06. The van der Waals surface area contributed by atoms with E-state index in [4.69, 9.17) is 11.6 Å². The van der Waals surface area contributed by atoms with Gasteiger partial charge in [0.2, 0.25) is 21.8 Å².